The Bertz CT molecular complexity index is 72.8. The van der Waals surface area contributed by atoms with E-state index in [4.69, 9.17) is 0 Å². The summed E-state index contributed by atoms with van der Waals surface area (Å²) >= 11 is 0. The van der Waals surface area contributed by atoms with E-state index in [9.17, 15) is 0 Å². The van der Waals surface area contributed by atoms with Gasteiger partial charge >= 0.3 is 0 Å². The molecule has 0 spiro atoms. The molecule has 0 aromatic heterocycles. The van der Waals surface area contributed by atoms with Crippen molar-refractivity contribution >= 4 is 0 Å². The van der Waals surface area contributed by atoms with E-state index in [0.29, 0.717) is 0 Å². The van der Waals surface area contributed by atoms with Crippen molar-refractivity contribution in [3.63, 3.8) is 0 Å². The Morgan fingerprint density at radius 3 is 1.60 bits per heavy atom. The Morgan fingerprint density at radius 2 is 1.60 bits per heavy atom. The molecule has 0 heterocycles. The van der Waals surface area contributed by atoms with Crippen LogP contribution < -0.4 is 5.73 Å². The van der Waals surface area contributed by atoms with E-state index in [1.54, 1.807) is 0 Å². The molecule has 0 aliphatic rings. The van der Waals surface area contributed by atoms with Gasteiger partial charge in [-0.1, -0.05) is 38.2 Å². The first-order valence-corrected chi connectivity index (χ1v) is 3.63. The lowest BCUT2D eigenvalue weighted by atomic mass is 10.3. The summed E-state index contributed by atoms with van der Waals surface area (Å²) in [6, 6.07) is 0. The van der Waals surface area contributed by atoms with E-state index in [-0.39, 0.29) is 0 Å². The predicted octanol–water partition coefficient (Wildman–Crippen LogP) is 2.74. The van der Waals surface area contributed by atoms with Gasteiger partial charge in [-0.25, -0.2) is 0 Å². The van der Waals surface area contributed by atoms with Crippen LogP contribution in [0, 0.1) is 0 Å². The Hall–Kier alpha value is -0.560. The van der Waals surface area contributed by atoms with Crippen LogP contribution in [0.4, 0.5) is 0 Å². The molecule has 0 atom stereocenters. The van der Waals surface area contributed by atoms with Gasteiger partial charge in [0, 0.05) is 0 Å². The van der Waals surface area contributed by atoms with Crippen molar-refractivity contribution in [1.82, 2.24) is 0 Å². The van der Waals surface area contributed by atoms with E-state index in [2.05, 4.69) is 12.3 Å². The van der Waals surface area contributed by atoms with E-state index in [0.717, 1.165) is 5.57 Å². The standard InChI is InChI=1S/C6H10.C2H6.CH5N/c1-4-5-6(2)3;2*1-2/h4-5H,2H2,1,3H3;1-2H3;2H2,1H3/b5-4-;;. The smallest absolute Gasteiger partial charge is 0.0195 e. The molecular formula is C9H21N. The molecule has 0 aliphatic carbocycles. The van der Waals surface area contributed by atoms with Crippen LogP contribution >= 0.6 is 0 Å². The van der Waals surface area contributed by atoms with Gasteiger partial charge in [0.1, 0.15) is 0 Å². The Balaban J connectivity index is -0.000000105. The van der Waals surface area contributed by atoms with Crippen LogP contribution in [-0.4, -0.2) is 7.05 Å². The molecule has 0 radical (unpaired) electrons. The maximum absolute atomic E-state index is 4.50. The lowest BCUT2D eigenvalue weighted by molar-refractivity contribution is 1.48. The van der Waals surface area contributed by atoms with Crippen LogP contribution in [-0.2, 0) is 0 Å². The number of hydrogen-bond donors (Lipinski definition) is 1. The maximum atomic E-state index is 4.50. The zero-order chi connectivity index (χ0) is 8.99. The summed E-state index contributed by atoms with van der Waals surface area (Å²) in [6.07, 6.45) is 3.95. The molecule has 1 heteroatoms. The summed E-state index contributed by atoms with van der Waals surface area (Å²) < 4.78 is 0. The highest BCUT2D eigenvalue weighted by Crippen LogP contribution is 1.85. The SMILES string of the molecule is C=C(C)/C=C\C.CC.CN. The molecule has 0 bridgehead atoms. The topological polar surface area (TPSA) is 26.0 Å². The summed E-state index contributed by atoms with van der Waals surface area (Å²) in [4.78, 5) is 0. The zero-order valence-electron chi connectivity index (χ0n) is 7.94. The third-order valence-electron chi connectivity index (χ3n) is 0.451. The highest BCUT2D eigenvalue weighted by atomic mass is 14.4. The lowest BCUT2D eigenvalue weighted by Crippen LogP contribution is -1.69. The molecule has 0 rings (SSSR count). The van der Waals surface area contributed by atoms with Crippen molar-refractivity contribution in [2.24, 2.45) is 5.73 Å². The molecule has 0 unspecified atom stereocenters. The normalized spacial score (nSPS) is 7.00. The summed E-state index contributed by atoms with van der Waals surface area (Å²) in [5.74, 6) is 0. The van der Waals surface area contributed by atoms with Gasteiger partial charge in [0.2, 0.25) is 0 Å². The largest absolute Gasteiger partial charge is 0.333 e. The zero-order valence-corrected chi connectivity index (χ0v) is 7.94. The second-order valence-corrected chi connectivity index (χ2v) is 1.35. The van der Waals surface area contributed by atoms with Gasteiger partial charge in [-0.05, 0) is 20.9 Å². The highest BCUT2D eigenvalue weighted by Gasteiger charge is 1.63. The first-order valence-electron chi connectivity index (χ1n) is 3.63. The van der Waals surface area contributed by atoms with Crippen LogP contribution in [0.1, 0.15) is 27.7 Å². The first-order chi connectivity index (χ1) is 4.77. The number of allylic oxidation sites excluding steroid dienone is 3. The summed E-state index contributed by atoms with van der Waals surface area (Å²) in [5.41, 5.74) is 5.61. The third kappa shape index (κ3) is 51.8. The van der Waals surface area contributed by atoms with Gasteiger partial charge in [-0.15, -0.1) is 0 Å². The Labute approximate surface area is 65.6 Å². The highest BCUT2D eigenvalue weighted by molar-refractivity contribution is 5.09. The number of rotatable bonds is 1. The Kier molecular flexibility index (Phi) is 38.4. The lowest BCUT2D eigenvalue weighted by Gasteiger charge is -1.75. The quantitative estimate of drug-likeness (QED) is 0.561. The molecular weight excluding hydrogens is 122 g/mol. The maximum Gasteiger partial charge on any atom is -0.0195 e. The summed E-state index contributed by atoms with van der Waals surface area (Å²) in [5, 5.41) is 0. The van der Waals surface area contributed by atoms with Crippen LogP contribution in [0.15, 0.2) is 24.3 Å². The van der Waals surface area contributed by atoms with Crippen LogP contribution in [0.3, 0.4) is 0 Å². The van der Waals surface area contributed by atoms with E-state index in [1.165, 1.54) is 7.05 Å². The van der Waals surface area contributed by atoms with Crippen molar-refractivity contribution in [2.45, 2.75) is 27.7 Å². The Morgan fingerprint density at radius 1 is 1.30 bits per heavy atom. The van der Waals surface area contributed by atoms with Gasteiger partial charge < -0.3 is 5.73 Å². The molecule has 0 amide bonds. The molecule has 10 heavy (non-hydrogen) atoms. The minimum atomic E-state index is 1.11. The average Bonchev–Trinajstić information content (AvgIpc) is 1.96. The number of hydrogen-bond acceptors (Lipinski definition) is 1. The van der Waals surface area contributed by atoms with Gasteiger partial charge in [0.05, 0.1) is 0 Å². The minimum Gasteiger partial charge on any atom is -0.333 e. The van der Waals surface area contributed by atoms with Gasteiger partial charge in [-0.3, -0.25) is 0 Å². The second kappa shape index (κ2) is 23.7. The fourth-order valence-corrected chi connectivity index (χ4v) is 0.285. The van der Waals surface area contributed by atoms with Crippen LogP contribution in [0.2, 0.25) is 0 Å². The predicted molar refractivity (Wildman–Crippen MR) is 51.1 cm³/mol. The van der Waals surface area contributed by atoms with Crippen molar-refractivity contribution in [3.05, 3.63) is 24.3 Å². The van der Waals surface area contributed by atoms with Crippen LogP contribution in [0.25, 0.3) is 0 Å². The van der Waals surface area contributed by atoms with Crippen LogP contribution in [0.5, 0.6) is 0 Å². The van der Waals surface area contributed by atoms with Crippen molar-refractivity contribution in [2.75, 3.05) is 7.05 Å². The average molecular weight is 143 g/mol. The molecule has 0 aromatic rings. The molecule has 62 valence electrons. The van der Waals surface area contributed by atoms with E-state index in [1.807, 2.05) is 39.8 Å². The van der Waals surface area contributed by atoms with E-state index < -0.39 is 0 Å². The van der Waals surface area contributed by atoms with E-state index >= 15 is 0 Å². The van der Waals surface area contributed by atoms with Gasteiger partial charge in [-0.2, -0.15) is 0 Å². The van der Waals surface area contributed by atoms with Crippen molar-refractivity contribution < 1.29 is 0 Å². The molecule has 1 nitrogen and oxygen atoms in total. The molecule has 2 N–H and O–H groups in total. The van der Waals surface area contributed by atoms with Crippen molar-refractivity contribution in [3.8, 4) is 0 Å². The number of nitrogens with two attached hydrogens (primary N) is 1. The van der Waals surface area contributed by atoms with Gasteiger partial charge in [0.15, 0.2) is 0 Å². The minimum absolute atomic E-state index is 1.11. The van der Waals surface area contributed by atoms with Crippen molar-refractivity contribution in [1.29, 1.82) is 0 Å². The third-order valence-corrected chi connectivity index (χ3v) is 0.451. The summed E-state index contributed by atoms with van der Waals surface area (Å²) in [7, 11) is 1.50. The molecule has 0 aliphatic heterocycles. The molecule has 0 fully saturated rings. The molecule has 0 saturated carbocycles. The fraction of sp³-hybridized carbons (Fsp3) is 0.556. The fourth-order valence-electron chi connectivity index (χ4n) is 0.285. The monoisotopic (exact) mass is 143 g/mol. The first kappa shape index (κ1) is 16.2. The summed E-state index contributed by atoms with van der Waals surface area (Å²) in [6.45, 7) is 11.6. The second-order valence-electron chi connectivity index (χ2n) is 1.35. The molecule has 0 aromatic carbocycles. The molecule has 0 saturated heterocycles. The van der Waals surface area contributed by atoms with Gasteiger partial charge in [0.25, 0.3) is 0 Å².